The maximum Gasteiger partial charge on any atom is 0.352 e. The van der Waals surface area contributed by atoms with E-state index in [4.69, 9.17) is 10.6 Å². The fraction of sp³-hybridized carbons (Fsp3) is 0.292. The van der Waals surface area contributed by atoms with Crippen LogP contribution in [0.2, 0.25) is 0 Å². The average Bonchev–Trinajstić information content (AvgIpc) is 3.53. The summed E-state index contributed by atoms with van der Waals surface area (Å²) >= 11 is 2.36. The lowest BCUT2D eigenvalue weighted by Crippen LogP contribution is -2.71. The number of oxime groups is 1. The fourth-order valence-corrected chi connectivity index (χ4v) is 6.08. The number of nitrogens with zero attached hydrogens (tertiary/aromatic N) is 5. The number of carboxylic acids is 2. The van der Waals surface area contributed by atoms with Gasteiger partial charge in [0.25, 0.3) is 17.5 Å². The van der Waals surface area contributed by atoms with Crippen LogP contribution in [0.1, 0.15) is 19.5 Å². The van der Waals surface area contributed by atoms with Gasteiger partial charge in [-0.05, 0) is 19.9 Å². The number of amides is 2. The number of hydrogen-bond acceptors (Lipinski definition) is 10. The van der Waals surface area contributed by atoms with Crippen LogP contribution in [0, 0.1) is 0 Å². The lowest BCUT2D eigenvalue weighted by molar-refractivity contribution is -0.662. The molecule has 208 valence electrons. The van der Waals surface area contributed by atoms with E-state index in [2.05, 4.69) is 15.5 Å². The van der Waals surface area contributed by atoms with E-state index in [0.29, 0.717) is 11.3 Å². The summed E-state index contributed by atoms with van der Waals surface area (Å²) in [5, 5.41) is 26.6. The summed E-state index contributed by atoms with van der Waals surface area (Å²) < 4.78 is 3.79. The summed E-state index contributed by atoms with van der Waals surface area (Å²) in [5.74, 6) is -3.69. The largest absolute Gasteiger partial charge is 0.478 e. The van der Waals surface area contributed by atoms with E-state index in [1.807, 2.05) is 45.8 Å². The van der Waals surface area contributed by atoms with Gasteiger partial charge in [0.1, 0.15) is 41.7 Å². The number of pyridine rings is 1. The summed E-state index contributed by atoms with van der Waals surface area (Å²) in [7, 11) is 0. The van der Waals surface area contributed by atoms with Gasteiger partial charge in [0.15, 0.2) is 10.8 Å². The van der Waals surface area contributed by atoms with Gasteiger partial charge < -0.3 is 26.1 Å². The first-order valence-electron chi connectivity index (χ1n) is 11.8. The van der Waals surface area contributed by atoms with Crippen LogP contribution in [0.5, 0.6) is 0 Å². The van der Waals surface area contributed by atoms with Crippen LogP contribution in [0.4, 0.5) is 5.13 Å². The van der Waals surface area contributed by atoms with E-state index >= 15 is 0 Å². The van der Waals surface area contributed by atoms with E-state index in [9.17, 15) is 29.4 Å². The minimum absolute atomic E-state index is 0.0336. The number of carboxylic acid groups (broad SMARTS) is 2. The molecule has 5 N–H and O–H groups in total. The molecule has 2 atom stereocenters. The van der Waals surface area contributed by atoms with Crippen molar-refractivity contribution in [2.45, 2.75) is 37.4 Å². The zero-order valence-corrected chi connectivity index (χ0v) is 22.8. The van der Waals surface area contributed by atoms with Crippen molar-refractivity contribution < 1.29 is 38.8 Å². The van der Waals surface area contributed by atoms with Crippen LogP contribution in [-0.2, 0) is 30.6 Å². The number of thioether (sulfide) groups is 1. The Morgan fingerprint density at radius 1 is 1.30 bits per heavy atom. The Morgan fingerprint density at radius 2 is 2.08 bits per heavy atom. The average molecular weight is 587 g/mol. The van der Waals surface area contributed by atoms with Crippen molar-refractivity contribution in [3.05, 3.63) is 59.1 Å². The highest BCUT2D eigenvalue weighted by atomic mass is 32.2. The van der Waals surface area contributed by atoms with Gasteiger partial charge in [-0.3, -0.25) is 14.5 Å². The molecule has 0 spiro atoms. The number of fused-ring (bicyclic) bond motifs is 2. The van der Waals surface area contributed by atoms with E-state index in [1.165, 1.54) is 35.9 Å². The predicted octanol–water partition coefficient (Wildman–Crippen LogP) is 0.288. The molecule has 3 aromatic rings. The van der Waals surface area contributed by atoms with Gasteiger partial charge >= 0.3 is 11.9 Å². The van der Waals surface area contributed by atoms with Crippen molar-refractivity contribution >= 4 is 63.3 Å². The van der Waals surface area contributed by atoms with E-state index in [-0.39, 0.29) is 28.8 Å². The van der Waals surface area contributed by atoms with Crippen LogP contribution in [0.15, 0.2) is 58.6 Å². The van der Waals surface area contributed by atoms with Crippen LogP contribution in [0.3, 0.4) is 0 Å². The lowest BCUT2D eigenvalue weighted by Gasteiger charge is -2.49. The molecule has 2 amide bonds. The maximum absolute atomic E-state index is 13.2. The van der Waals surface area contributed by atoms with Gasteiger partial charge in [-0.1, -0.05) is 11.2 Å². The number of hydrogen-bond donors (Lipinski definition) is 4. The number of nitrogens with one attached hydrogen (secondary N) is 1. The first kappa shape index (κ1) is 27.1. The third kappa shape index (κ3) is 4.86. The molecule has 5 heterocycles. The number of aliphatic carboxylic acids is 2. The normalized spacial score (nSPS) is 19.3. The van der Waals surface area contributed by atoms with Crippen LogP contribution in [-0.4, -0.2) is 76.7 Å². The Labute approximate surface area is 234 Å². The molecular formula is C24H24N7O7S2+. The molecule has 0 bridgehead atoms. The van der Waals surface area contributed by atoms with Crippen molar-refractivity contribution in [1.82, 2.24) is 19.6 Å². The minimum Gasteiger partial charge on any atom is -0.478 e. The molecular weight excluding hydrogens is 562 g/mol. The SMILES string of the molecule is CC(C)(O/N=C(\C(=O)N[C@@H]1C(=O)N2C(C(=O)O)=C(C[n+]3ccn4ccccc43)CS[C@H]12)c1csc(N)n1)C(=O)O. The maximum atomic E-state index is 13.2. The minimum atomic E-state index is -1.75. The molecule has 40 heavy (non-hydrogen) atoms. The van der Waals surface area contributed by atoms with E-state index < -0.39 is 40.8 Å². The Kier molecular flexibility index (Phi) is 6.97. The van der Waals surface area contributed by atoms with Crippen molar-refractivity contribution in [3.63, 3.8) is 0 Å². The van der Waals surface area contributed by atoms with Crippen molar-refractivity contribution in [2.75, 3.05) is 11.5 Å². The van der Waals surface area contributed by atoms with E-state index in [0.717, 1.165) is 17.0 Å². The standard InChI is InChI=1S/C24H23N7O7S2/c1-24(2,22(36)37)38-28-15(13-11-40-23(25)26-13)18(32)27-16-19(33)31-17(21(34)35)12(10-39-20(16)31)9-30-8-7-29-6-4-3-5-14(29)30/h3-8,11,16,20H,9-10H2,1-2H3,(H4-,25,26,27,32,34,35,36,37)/p+1/b28-15-/t16-,20-/m1/s1. The molecule has 0 radical (unpaired) electrons. The number of carbonyl (C=O) groups is 4. The van der Waals surface area contributed by atoms with Gasteiger partial charge in [0.2, 0.25) is 5.60 Å². The van der Waals surface area contributed by atoms with Crippen molar-refractivity contribution in [2.24, 2.45) is 5.16 Å². The summed E-state index contributed by atoms with van der Waals surface area (Å²) in [6, 6.07) is 4.61. The molecule has 14 nitrogen and oxygen atoms in total. The van der Waals surface area contributed by atoms with Gasteiger partial charge in [-0.15, -0.1) is 23.1 Å². The number of carbonyl (C=O) groups excluding carboxylic acids is 2. The monoisotopic (exact) mass is 586 g/mol. The zero-order chi connectivity index (χ0) is 28.8. The Bertz CT molecular complexity index is 1610. The highest BCUT2D eigenvalue weighted by Crippen LogP contribution is 2.40. The number of anilines is 1. The van der Waals surface area contributed by atoms with Gasteiger partial charge in [0, 0.05) is 22.8 Å². The summed E-state index contributed by atoms with van der Waals surface area (Å²) in [6.45, 7) is 2.77. The first-order chi connectivity index (χ1) is 19.0. The highest BCUT2D eigenvalue weighted by molar-refractivity contribution is 8.00. The van der Waals surface area contributed by atoms with Crippen LogP contribution < -0.4 is 15.6 Å². The van der Waals surface area contributed by atoms with Crippen molar-refractivity contribution in [3.8, 4) is 0 Å². The van der Waals surface area contributed by atoms with Gasteiger partial charge in [-0.2, -0.15) is 0 Å². The molecule has 0 saturated carbocycles. The number of aromatic nitrogens is 3. The Balaban J connectivity index is 1.37. The molecule has 16 heteroatoms. The topological polar surface area (TPSA) is 193 Å². The number of nitrogens with two attached hydrogens (primary N) is 1. The number of rotatable bonds is 9. The number of imidazole rings is 1. The number of β-lactam (4-membered cyclic amide) rings is 1. The highest BCUT2D eigenvalue weighted by Gasteiger charge is 2.54. The molecule has 0 unspecified atom stereocenters. The molecule has 2 aliphatic rings. The molecule has 0 aliphatic carbocycles. The Morgan fingerprint density at radius 3 is 2.75 bits per heavy atom. The lowest BCUT2D eigenvalue weighted by atomic mass is 10.0. The zero-order valence-electron chi connectivity index (χ0n) is 21.2. The molecule has 1 fully saturated rings. The van der Waals surface area contributed by atoms with Crippen LogP contribution >= 0.6 is 23.1 Å². The smallest absolute Gasteiger partial charge is 0.352 e. The van der Waals surface area contributed by atoms with Gasteiger partial charge in [0.05, 0.1) is 6.20 Å². The number of thiazole rings is 1. The second-order valence-corrected chi connectivity index (χ2v) is 11.4. The summed E-state index contributed by atoms with van der Waals surface area (Å²) in [5.41, 5.74) is 4.89. The first-order valence-corrected chi connectivity index (χ1v) is 13.8. The Hall–Kier alpha value is -4.44. The molecule has 5 rings (SSSR count). The predicted molar refractivity (Wildman–Crippen MR) is 143 cm³/mol. The van der Waals surface area contributed by atoms with E-state index in [1.54, 1.807) is 0 Å². The molecule has 0 aromatic carbocycles. The molecule has 3 aromatic heterocycles. The quantitative estimate of drug-likeness (QED) is 0.117. The fourth-order valence-electron chi connectivity index (χ4n) is 4.20. The second kappa shape index (κ2) is 10.3. The summed E-state index contributed by atoms with van der Waals surface area (Å²) in [6.07, 6.45) is 5.56. The number of nitrogen functional groups attached to an aromatic ring is 1. The third-order valence-electron chi connectivity index (χ3n) is 6.33. The third-order valence-corrected chi connectivity index (χ3v) is 8.34. The van der Waals surface area contributed by atoms with Gasteiger partial charge in [-0.25, -0.2) is 23.5 Å². The molecule has 2 aliphatic heterocycles. The second-order valence-electron chi connectivity index (χ2n) is 9.43. The molecule has 1 saturated heterocycles. The van der Waals surface area contributed by atoms with Crippen molar-refractivity contribution in [1.29, 1.82) is 0 Å². The summed E-state index contributed by atoms with van der Waals surface area (Å²) in [4.78, 5) is 60.4. The van der Waals surface area contributed by atoms with Crippen LogP contribution in [0.25, 0.3) is 5.65 Å².